The molecule has 2 aromatic heterocycles. The largest absolute Gasteiger partial charge is 0.475 e. The van der Waals surface area contributed by atoms with Crippen molar-refractivity contribution >= 4 is 5.91 Å². The number of nitrogens with one attached hydrogen (secondary N) is 1. The zero-order valence-electron chi connectivity index (χ0n) is 11.2. The third-order valence-corrected chi connectivity index (χ3v) is 2.39. The van der Waals surface area contributed by atoms with Gasteiger partial charge >= 0.3 is 0 Å². The Bertz CT molecular complexity index is 598. The number of carbonyl (C=O) groups excluding carboxylic acids is 1. The van der Waals surface area contributed by atoms with E-state index in [0.717, 1.165) is 5.56 Å². The van der Waals surface area contributed by atoms with Gasteiger partial charge in [0.15, 0.2) is 0 Å². The minimum absolute atomic E-state index is 0.0599. The lowest BCUT2D eigenvalue weighted by Crippen LogP contribution is -2.30. The second-order valence-corrected chi connectivity index (χ2v) is 4.31. The number of nitrogens with zero attached hydrogens (tertiary/aromatic N) is 3. The molecule has 0 unspecified atom stereocenters. The smallest absolute Gasteiger partial charge is 0.285 e. The van der Waals surface area contributed by atoms with E-state index >= 15 is 0 Å². The Labute approximate surface area is 116 Å². The number of carbonyl (C=O) groups is 1. The van der Waals surface area contributed by atoms with Crippen LogP contribution >= 0.6 is 0 Å². The van der Waals surface area contributed by atoms with Gasteiger partial charge in [0.25, 0.3) is 5.91 Å². The number of pyridine rings is 1. The topological polar surface area (TPSA) is 103 Å². The highest BCUT2D eigenvalue weighted by Crippen LogP contribution is 2.18. The summed E-state index contributed by atoms with van der Waals surface area (Å²) in [5.74, 6) is 5.10. The van der Waals surface area contributed by atoms with Gasteiger partial charge in [-0.1, -0.05) is 0 Å². The molecule has 2 rings (SSSR count). The highest BCUT2D eigenvalue weighted by Gasteiger charge is 2.09. The molecule has 0 saturated carbocycles. The summed E-state index contributed by atoms with van der Waals surface area (Å²) >= 11 is 0. The SMILES string of the molecule is CC(C)Oc1ccc(-c2cncc(C(=O)NN)n2)cn1. The molecule has 0 spiro atoms. The van der Waals surface area contributed by atoms with E-state index in [1.54, 1.807) is 24.5 Å². The Morgan fingerprint density at radius 3 is 2.70 bits per heavy atom. The molecule has 0 atom stereocenters. The predicted molar refractivity (Wildman–Crippen MR) is 72.7 cm³/mol. The van der Waals surface area contributed by atoms with Crippen molar-refractivity contribution < 1.29 is 9.53 Å². The summed E-state index contributed by atoms with van der Waals surface area (Å²) in [6.45, 7) is 3.85. The average Bonchev–Trinajstić information content (AvgIpc) is 2.47. The number of ether oxygens (including phenoxy) is 1. The molecule has 2 heterocycles. The molecule has 0 radical (unpaired) electrons. The van der Waals surface area contributed by atoms with Gasteiger partial charge in [0.1, 0.15) is 5.69 Å². The molecule has 0 saturated heterocycles. The lowest BCUT2D eigenvalue weighted by Gasteiger charge is -2.08. The maximum absolute atomic E-state index is 11.4. The van der Waals surface area contributed by atoms with Crippen LogP contribution < -0.4 is 16.0 Å². The van der Waals surface area contributed by atoms with Crippen LogP contribution in [0.25, 0.3) is 11.3 Å². The fourth-order valence-corrected chi connectivity index (χ4v) is 1.53. The number of hydrazine groups is 1. The Morgan fingerprint density at radius 1 is 1.30 bits per heavy atom. The maximum Gasteiger partial charge on any atom is 0.285 e. The van der Waals surface area contributed by atoms with Crippen molar-refractivity contribution in [3.63, 3.8) is 0 Å². The van der Waals surface area contributed by atoms with Crippen LogP contribution in [-0.2, 0) is 0 Å². The van der Waals surface area contributed by atoms with E-state index in [9.17, 15) is 4.79 Å². The van der Waals surface area contributed by atoms with E-state index in [0.29, 0.717) is 11.6 Å². The number of amides is 1. The zero-order chi connectivity index (χ0) is 14.5. The van der Waals surface area contributed by atoms with E-state index in [2.05, 4.69) is 15.0 Å². The van der Waals surface area contributed by atoms with Crippen LogP contribution in [0.5, 0.6) is 5.88 Å². The van der Waals surface area contributed by atoms with Crippen LogP contribution in [0.15, 0.2) is 30.7 Å². The van der Waals surface area contributed by atoms with Crippen LogP contribution in [0.1, 0.15) is 24.3 Å². The molecule has 7 nitrogen and oxygen atoms in total. The van der Waals surface area contributed by atoms with Crippen LogP contribution in [0, 0.1) is 0 Å². The first kappa shape index (κ1) is 13.9. The van der Waals surface area contributed by atoms with Crippen molar-refractivity contribution in [3.05, 3.63) is 36.4 Å². The fourth-order valence-electron chi connectivity index (χ4n) is 1.53. The van der Waals surface area contributed by atoms with E-state index in [-0.39, 0.29) is 11.8 Å². The van der Waals surface area contributed by atoms with Crippen molar-refractivity contribution in [3.8, 4) is 17.1 Å². The van der Waals surface area contributed by atoms with Gasteiger partial charge in [0, 0.05) is 17.8 Å². The molecule has 0 aliphatic rings. The summed E-state index contributed by atoms with van der Waals surface area (Å²) in [5.41, 5.74) is 3.43. The molecule has 104 valence electrons. The van der Waals surface area contributed by atoms with Gasteiger partial charge in [-0.25, -0.2) is 15.8 Å². The van der Waals surface area contributed by atoms with Crippen molar-refractivity contribution in [1.29, 1.82) is 0 Å². The second kappa shape index (κ2) is 6.07. The van der Waals surface area contributed by atoms with Crippen molar-refractivity contribution in [2.24, 2.45) is 5.84 Å². The number of aromatic nitrogens is 3. The van der Waals surface area contributed by atoms with Crippen LogP contribution in [0.4, 0.5) is 0 Å². The molecule has 2 aromatic rings. The average molecular weight is 273 g/mol. The zero-order valence-corrected chi connectivity index (χ0v) is 11.2. The summed E-state index contributed by atoms with van der Waals surface area (Å²) in [4.78, 5) is 23.7. The van der Waals surface area contributed by atoms with Crippen LogP contribution in [0.3, 0.4) is 0 Å². The van der Waals surface area contributed by atoms with Gasteiger partial charge in [0.05, 0.1) is 24.2 Å². The van der Waals surface area contributed by atoms with Crippen LogP contribution in [0.2, 0.25) is 0 Å². The Morgan fingerprint density at radius 2 is 2.10 bits per heavy atom. The summed E-state index contributed by atoms with van der Waals surface area (Å²) in [6, 6.07) is 3.55. The van der Waals surface area contributed by atoms with E-state index in [4.69, 9.17) is 10.6 Å². The highest BCUT2D eigenvalue weighted by molar-refractivity contribution is 5.91. The van der Waals surface area contributed by atoms with Crippen molar-refractivity contribution in [2.45, 2.75) is 20.0 Å². The summed E-state index contributed by atoms with van der Waals surface area (Å²) in [6.07, 6.45) is 4.57. The maximum atomic E-state index is 11.4. The Balaban J connectivity index is 2.25. The first-order chi connectivity index (χ1) is 9.60. The summed E-state index contributed by atoms with van der Waals surface area (Å²) in [5, 5.41) is 0. The quantitative estimate of drug-likeness (QED) is 0.488. The standard InChI is InChI=1S/C13H15N5O2/c1-8(2)20-12-4-3-9(5-16-12)10-6-15-7-11(17-10)13(19)18-14/h3-8H,14H2,1-2H3,(H,18,19). The number of hydrogen-bond acceptors (Lipinski definition) is 6. The van der Waals surface area contributed by atoms with Gasteiger partial charge in [-0.2, -0.15) is 0 Å². The molecule has 0 aliphatic carbocycles. The minimum Gasteiger partial charge on any atom is -0.475 e. The third-order valence-electron chi connectivity index (χ3n) is 2.39. The summed E-state index contributed by atoms with van der Waals surface area (Å²) < 4.78 is 5.46. The Kier molecular flexibility index (Phi) is 4.21. The molecule has 3 N–H and O–H groups in total. The van der Waals surface area contributed by atoms with Crippen molar-refractivity contribution in [2.75, 3.05) is 0 Å². The number of rotatable bonds is 4. The lowest BCUT2D eigenvalue weighted by atomic mass is 10.2. The fraction of sp³-hybridized carbons (Fsp3) is 0.231. The van der Waals surface area contributed by atoms with Crippen LogP contribution in [-0.4, -0.2) is 27.0 Å². The molecule has 0 aliphatic heterocycles. The third kappa shape index (κ3) is 3.27. The first-order valence-electron chi connectivity index (χ1n) is 6.06. The first-order valence-corrected chi connectivity index (χ1v) is 6.06. The van der Waals surface area contributed by atoms with Gasteiger partial charge in [-0.15, -0.1) is 0 Å². The molecular weight excluding hydrogens is 258 g/mol. The normalized spacial score (nSPS) is 10.4. The molecule has 7 heteroatoms. The summed E-state index contributed by atoms with van der Waals surface area (Å²) in [7, 11) is 0. The lowest BCUT2D eigenvalue weighted by molar-refractivity contribution is 0.0948. The minimum atomic E-state index is -0.493. The molecular formula is C13H15N5O2. The molecule has 0 fully saturated rings. The number of hydrogen-bond donors (Lipinski definition) is 2. The Hall–Kier alpha value is -2.54. The van der Waals surface area contributed by atoms with E-state index in [1.807, 2.05) is 19.3 Å². The molecule has 1 amide bonds. The molecule has 0 bridgehead atoms. The van der Waals surface area contributed by atoms with Gasteiger partial charge in [-0.3, -0.25) is 15.2 Å². The monoisotopic (exact) mass is 273 g/mol. The van der Waals surface area contributed by atoms with Gasteiger partial charge < -0.3 is 4.74 Å². The number of nitrogen functional groups attached to an aromatic ring is 1. The predicted octanol–water partition coefficient (Wildman–Crippen LogP) is 0.929. The van der Waals surface area contributed by atoms with E-state index < -0.39 is 5.91 Å². The van der Waals surface area contributed by atoms with Gasteiger partial charge in [0.2, 0.25) is 5.88 Å². The highest BCUT2D eigenvalue weighted by atomic mass is 16.5. The molecule has 20 heavy (non-hydrogen) atoms. The van der Waals surface area contributed by atoms with Crippen molar-refractivity contribution in [1.82, 2.24) is 20.4 Å². The van der Waals surface area contributed by atoms with Gasteiger partial charge in [-0.05, 0) is 19.9 Å². The number of nitrogens with two attached hydrogens (primary N) is 1. The molecule has 0 aromatic carbocycles. The van der Waals surface area contributed by atoms with E-state index in [1.165, 1.54) is 6.20 Å². The second-order valence-electron chi connectivity index (χ2n) is 4.31.